The number of benzene rings is 4. The number of nitro groups is 1. The van der Waals surface area contributed by atoms with Crippen LogP contribution in [0.15, 0.2) is 102 Å². The van der Waals surface area contributed by atoms with Gasteiger partial charge in [0.1, 0.15) is 35.5 Å². The van der Waals surface area contributed by atoms with E-state index in [0.29, 0.717) is 22.1 Å². The van der Waals surface area contributed by atoms with Crippen LogP contribution in [0.1, 0.15) is 33.0 Å². The number of nitrogens with zero attached hydrogens (tertiary/aromatic N) is 2. The third-order valence-electron chi connectivity index (χ3n) is 6.26. The summed E-state index contributed by atoms with van der Waals surface area (Å²) in [7, 11) is 0. The van der Waals surface area contributed by atoms with Crippen LogP contribution < -0.4 is 19.9 Å². The molecule has 2 N–H and O–H groups in total. The van der Waals surface area contributed by atoms with Crippen LogP contribution in [-0.4, -0.2) is 10.9 Å². The van der Waals surface area contributed by atoms with Crippen LogP contribution in [0, 0.1) is 21.4 Å². The van der Waals surface area contributed by atoms with E-state index in [1.54, 1.807) is 24.3 Å². The molecule has 1 heterocycles. The average molecular weight is 554 g/mol. The molecule has 1 aliphatic heterocycles. The summed E-state index contributed by atoms with van der Waals surface area (Å²) in [5, 5.41) is 21.4. The second-order valence-electron chi connectivity index (χ2n) is 8.77. The van der Waals surface area contributed by atoms with Crippen molar-refractivity contribution in [2.45, 2.75) is 12.5 Å². The molecule has 4 aromatic carbocycles. The first-order valence-corrected chi connectivity index (χ1v) is 12.4. The molecule has 0 fully saturated rings. The number of nitriles is 1. The van der Waals surface area contributed by atoms with Gasteiger partial charge < -0.3 is 19.9 Å². The summed E-state index contributed by atoms with van der Waals surface area (Å²) in [5.74, 6) is -0.260. The van der Waals surface area contributed by atoms with Crippen LogP contribution in [0.5, 0.6) is 17.2 Å². The van der Waals surface area contributed by atoms with Gasteiger partial charge in [-0.3, -0.25) is 10.1 Å². The molecule has 9 nitrogen and oxygen atoms in total. The molecule has 0 saturated heterocycles. The maximum absolute atomic E-state index is 12.6. The number of ether oxygens (including phenoxy) is 3. The summed E-state index contributed by atoms with van der Waals surface area (Å²) in [4.78, 5) is 22.9. The lowest BCUT2D eigenvalue weighted by atomic mass is 9.83. The summed E-state index contributed by atoms with van der Waals surface area (Å²) in [5.41, 5.74) is 8.58. The van der Waals surface area contributed by atoms with Gasteiger partial charge in [-0.05, 0) is 42.0 Å². The smallest absolute Gasteiger partial charge is 0.343 e. The number of nitrogens with two attached hydrogens (primary N) is 1. The highest BCUT2D eigenvalue weighted by atomic mass is 35.5. The van der Waals surface area contributed by atoms with Crippen molar-refractivity contribution in [2.75, 3.05) is 0 Å². The van der Waals surface area contributed by atoms with Gasteiger partial charge >= 0.3 is 5.97 Å². The summed E-state index contributed by atoms with van der Waals surface area (Å²) in [6, 6.07) is 26.7. The van der Waals surface area contributed by atoms with E-state index in [4.69, 9.17) is 31.5 Å². The number of nitro benzene ring substituents is 1. The van der Waals surface area contributed by atoms with Crippen molar-refractivity contribution >= 4 is 23.3 Å². The Bertz CT molecular complexity index is 1690. The monoisotopic (exact) mass is 553 g/mol. The largest absolute Gasteiger partial charge is 0.489 e. The Labute approximate surface area is 233 Å². The number of fused-ring (bicyclic) bond motifs is 1. The fraction of sp³-hybridized carbons (Fsp3) is 0.0667. The third kappa shape index (κ3) is 5.43. The number of esters is 1. The number of carbonyl (C=O) groups is 1. The van der Waals surface area contributed by atoms with Gasteiger partial charge in [-0.1, -0.05) is 48.0 Å². The second-order valence-corrected chi connectivity index (χ2v) is 9.18. The van der Waals surface area contributed by atoms with E-state index in [1.807, 2.05) is 36.4 Å². The van der Waals surface area contributed by atoms with Gasteiger partial charge in [-0.2, -0.15) is 5.26 Å². The van der Waals surface area contributed by atoms with Crippen molar-refractivity contribution in [1.29, 1.82) is 5.26 Å². The maximum atomic E-state index is 12.6. The molecular weight excluding hydrogens is 534 g/mol. The first kappa shape index (κ1) is 26.3. The predicted molar refractivity (Wildman–Crippen MR) is 146 cm³/mol. The number of hydrogen-bond donors (Lipinski definition) is 1. The Balaban J connectivity index is 1.40. The first-order chi connectivity index (χ1) is 19.3. The highest BCUT2D eigenvalue weighted by molar-refractivity contribution is 6.31. The molecule has 0 radical (unpaired) electrons. The number of rotatable bonds is 7. The normalized spacial score (nSPS) is 13.9. The molecule has 4 aromatic rings. The molecule has 1 aliphatic rings. The molecule has 0 aliphatic carbocycles. The summed E-state index contributed by atoms with van der Waals surface area (Å²) < 4.78 is 17.2. The average Bonchev–Trinajstić information content (AvgIpc) is 2.96. The Morgan fingerprint density at radius 1 is 1.02 bits per heavy atom. The van der Waals surface area contributed by atoms with Crippen LogP contribution in [-0.2, 0) is 6.61 Å². The zero-order valence-electron chi connectivity index (χ0n) is 20.7. The number of halogens is 1. The van der Waals surface area contributed by atoms with Crippen LogP contribution in [0.2, 0.25) is 5.02 Å². The fourth-order valence-electron chi connectivity index (χ4n) is 4.29. The highest BCUT2D eigenvalue weighted by Gasteiger charge is 2.31. The van der Waals surface area contributed by atoms with E-state index >= 15 is 0 Å². The molecule has 1 unspecified atom stereocenters. The molecule has 0 aromatic heterocycles. The van der Waals surface area contributed by atoms with E-state index in [2.05, 4.69) is 6.07 Å². The van der Waals surface area contributed by atoms with E-state index in [9.17, 15) is 20.2 Å². The molecule has 40 heavy (non-hydrogen) atoms. The van der Waals surface area contributed by atoms with Crippen LogP contribution in [0.3, 0.4) is 0 Å². The fourth-order valence-corrected chi connectivity index (χ4v) is 4.48. The van der Waals surface area contributed by atoms with Gasteiger partial charge in [-0.25, -0.2) is 4.79 Å². The summed E-state index contributed by atoms with van der Waals surface area (Å²) in [6.45, 7) is 0.264. The zero-order chi connectivity index (χ0) is 28.2. The number of hydrogen-bond acceptors (Lipinski definition) is 8. The van der Waals surface area contributed by atoms with E-state index in [-0.39, 0.29) is 35.1 Å². The molecular formula is C30H20ClN3O6. The van der Waals surface area contributed by atoms with Crippen molar-refractivity contribution in [3.63, 3.8) is 0 Å². The molecule has 1 atom stereocenters. The minimum Gasteiger partial charge on any atom is -0.489 e. The molecule has 0 bridgehead atoms. The highest BCUT2D eigenvalue weighted by Crippen LogP contribution is 2.44. The van der Waals surface area contributed by atoms with Crippen molar-refractivity contribution in [3.05, 3.63) is 140 Å². The van der Waals surface area contributed by atoms with Gasteiger partial charge in [0.25, 0.3) is 5.69 Å². The van der Waals surface area contributed by atoms with Crippen molar-refractivity contribution in [3.8, 4) is 23.3 Å². The topological polar surface area (TPSA) is 138 Å². The van der Waals surface area contributed by atoms with Gasteiger partial charge in [0.05, 0.1) is 16.4 Å². The Kier molecular flexibility index (Phi) is 7.35. The molecule has 0 amide bonds. The second kappa shape index (κ2) is 11.2. The minimum absolute atomic E-state index is 0.0683. The van der Waals surface area contributed by atoms with Gasteiger partial charge in [0.2, 0.25) is 5.88 Å². The third-order valence-corrected chi connectivity index (χ3v) is 6.63. The van der Waals surface area contributed by atoms with Gasteiger partial charge in [-0.15, -0.1) is 0 Å². The molecule has 0 saturated carbocycles. The summed E-state index contributed by atoms with van der Waals surface area (Å²) in [6.07, 6.45) is 0. The zero-order valence-corrected chi connectivity index (χ0v) is 21.5. The Hall–Kier alpha value is -5.33. The van der Waals surface area contributed by atoms with Crippen LogP contribution in [0.25, 0.3) is 0 Å². The molecule has 5 rings (SSSR count). The van der Waals surface area contributed by atoms with Crippen molar-refractivity contribution in [2.24, 2.45) is 5.73 Å². The molecule has 10 heteroatoms. The van der Waals surface area contributed by atoms with E-state index < -0.39 is 16.8 Å². The molecule has 0 spiro atoms. The Morgan fingerprint density at radius 2 is 1.80 bits per heavy atom. The lowest BCUT2D eigenvalue weighted by Gasteiger charge is -2.27. The van der Waals surface area contributed by atoms with E-state index in [0.717, 1.165) is 11.1 Å². The first-order valence-electron chi connectivity index (χ1n) is 12.0. The minimum atomic E-state index is -0.702. The SMILES string of the molecule is N#CC1=C(N)Oc2cc(OC(=O)c3ccc([N+](=O)[O-])cc3)ccc2C1c1cccc(OCc2ccccc2Cl)c1. The van der Waals surface area contributed by atoms with Crippen LogP contribution >= 0.6 is 11.6 Å². The number of allylic oxidation sites excluding steroid dienone is 1. The number of non-ortho nitro benzene ring substituents is 1. The predicted octanol–water partition coefficient (Wildman–Crippen LogP) is 6.26. The van der Waals surface area contributed by atoms with Gasteiger partial charge in [0, 0.05) is 34.3 Å². The standard InChI is InChI=1S/C30H20ClN3O6/c31-26-7-2-1-4-20(26)17-38-22-6-3-5-19(14-22)28-24-13-12-23(15-27(24)40-29(33)25(28)16-32)39-30(35)18-8-10-21(11-9-18)34(36)37/h1-15,28H,17,33H2. The molecule has 198 valence electrons. The number of carbonyl (C=O) groups excluding carboxylic acids is 1. The van der Waals surface area contributed by atoms with Gasteiger partial charge in [0.15, 0.2) is 0 Å². The Morgan fingerprint density at radius 3 is 2.52 bits per heavy atom. The summed E-state index contributed by atoms with van der Waals surface area (Å²) >= 11 is 6.24. The van der Waals surface area contributed by atoms with Crippen molar-refractivity contribution < 1.29 is 23.9 Å². The lowest BCUT2D eigenvalue weighted by Crippen LogP contribution is -2.21. The van der Waals surface area contributed by atoms with Crippen molar-refractivity contribution in [1.82, 2.24) is 0 Å². The lowest BCUT2D eigenvalue weighted by molar-refractivity contribution is -0.384. The maximum Gasteiger partial charge on any atom is 0.343 e. The van der Waals surface area contributed by atoms with E-state index in [1.165, 1.54) is 30.3 Å². The quantitative estimate of drug-likeness (QED) is 0.122. The van der Waals surface area contributed by atoms with Crippen LogP contribution in [0.4, 0.5) is 5.69 Å².